The van der Waals surface area contributed by atoms with Crippen molar-refractivity contribution < 1.29 is 4.39 Å². The normalized spacial score (nSPS) is 23.3. The number of nitrogens with zero attached hydrogens (tertiary/aromatic N) is 1. The fourth-order valence-electron chi connectivity index (χ4n) is 2.73. The van der Waals surface area contributed by atoms with Crippen LogP contribution in [0, 0.1) is 11.2 Å². The minimum absolute atomic E-state index is 0.0998. The van der Waals surface area contributed by atoms with E-state index in [0.29, 0.717) is 10.5 Å². The van der Waals surface area contributed by atoms with Crippen LogP contribution in [0.15, 0.2) is 22.7 Å². The van der Waals surface area contributed by atoms with Crippen LogP contribution in [-0.2, 0) is 6.54 Å². The van der Waals surface area contributed by atoms with Gasteiger partial charge in [-0.1, -0.05) is 26.8 Å². The van der Waals surface area contributed by atoms with Crippen molar-refractivity contribution in [3.63, 3.8) is 0 Å². The molecule has 0 saturated carbocycles. The Labute approximate surface area is 136 Å². The molecule has 0 radical (unpaired) electrons. The summed E-state index contributed by atoms with van der Waals surface area (Å²) < 4.78 is 13.9. The van der Waals surface area contributed by atoms with Crippen LogP contribution in [0.4, 0.5) is 4.39 Å². The predicted octanol–water partition coefficient (Wildman–Crippen LogP) is 4.19. The summed E-state index contributed by atoms with van der Waals surface area (Å²) in [6.07, 6.45) is 0. The summed E-state index contributed by atoms with van der Waals surface area (Å²) in [5, 5.41) is 3.67. The lowest BCUT2D eigenvalue weighted by atomic mass is 9.82. The lowest BCUT2D eigenvalue weighted by Crippen LogP contribution is -2.64. The van der Waals surface area contributed by atoms with Crippen LogP contribution in [-0.4, -0.2) is 29.6 Å². The van der Waals surface area contributed by atoms with Gasteiger partial charge in [-0.3, -0.25) is 4.90 Å². The Morgan fingerprint density at radius 1 is 1.38 bits per heavy atom. The van der Waals surface area contributed by atoms with Crippen molar-refractivity contribution in [3.8, 4) is 0 Å². The Morgan fingerprint density at radius 3 is 2.62 bits per heavy atom. The van der Waals surface area contributed by atoms with Crippen LogP contribution in [0.25, 0.3) is 0 Å². The van der Waals surface area contributed by atoms with Gasteiger partial charge in [0.25, 0.3) is 0 Å². The van der Waals surface area contributed by atoms with E-state index in [2.05, 4.69) is 60.8 Å². The maximum absolute atomic E-state index is 13.4. The van der Waals surface area contributed by atoms with Crippen molar-refractivity contribution in [3.05, 3.63) is 34.1 Å². The lowest BCUT2D eigenvalue weighted by Gasteiger charge is -2.49. The second-order valence-corrected chi connectivity index (χ2v) is 8.60. The van der Waals surface area contributed by atoms with Gasteiger partial charge >= 0.3 is 0 Å². The molecule has 21 heavy (non-hydrogen) atoms. The number of halogens is 2. The molecule has 1 fully saturated rings. The minimum Gasteiger partial charge on any atom is -0.310 e. The highest BCUT2D eigenvalue weighted by molar-refractivity contribution is 9.10. The molecule has 2 nitrogen and oxygen atoms in total. The zero-order valence-electron chi connectivity index (χ0n) is 13.6. The molecule has 0 aromatic heterocycles. The van der Waals surface area contributed by atoms with Gasteiger partial charge in [0.1, 0.15) is 5.82 Å². The van der Waals surface area contributed by atoms with Crippen molar-refractivity contribution in [1.29, 1.82) is 0 Å². The Balaban J connectivity index is 2.16. The molecule has 1 N–H and O–H groups in total. The number of hydrogen-bond acceptors (Lipinski definition) is 2. The number of nitrogens with one attached hydrogen (secondary N) is 1. The quantitative estimate of drug-likeness (QED) is 0.854. The van der Waals surface area contributed by atoms with Crippen molar-refractivity contribution in [2.45, 2.75) is 52.7 Å². The number of piperazine rings is 1. The van der Waals surface area contributed by atoms with Gasteiger partial charge in [-0.05, 0) is 52.9 Å². The van der Waals surface area contributed by atoms with Crippen LogP contribution in [0.2, 0.25) is 0 Å². The van der Waals surface area contributed by atoms with Crippen LogP contribution in [0.5, 0.6) is 0 Å². The monoisotopic (exact) mass is 356 g/mol. The molecule has 1 unspecified atom stereocenters. The molecular formula is C17H26BrFN2. The van der Waals surface area contributed by atoms with E-state index >= 15 is 0 Å². The highest BCUT2D eigenvalue weighted by atomic mass is 79.9. The van der Waals surface area contributed by atoms with Gasteiger partial charge in [-0.25, -0.2) is 4.39 Å². The molecule has 2 rings (SSSR count). The molecule has 1 aromatic carbocycles. The maximum Gasteiger partial charge on any atom is 0.137 e. The third-order valence-corrected chi connectivity index (χ3v) is 5.05. The topological polar surface area (TPSA) is 15.3 Å². The van der Waals surface area contributed by atoms with Crippen molar-refractivity contribution in [2.24, 2.45) is 5.41 Å². The first-order valence-electron chi connectivity index (χ1n) is 7.52. The number of rotatable bonds is 2. The first kappa shape index (κ1) is 16.9. The second kappa shape index (κ2) is 5.98. The third kappa shape index (κ3) is 4.05. The SMILES string of the molecule is CC(C)(C)C1CN(Cc2ccc(F)c(Br)c2)C(C)(C)CN1. The molecule has 1 aliphatic heterocycles. The average Bonchev–Trinajstić information content (AvgIpc) is 2.35. The molecule has 1 atom stereocenters. The van der Waals surface area contributed by atoms with E-state index in [4.69, 9.17) is 0 Å². The van der Waals surface area contributed by atoms with E-state index in [1.54, 1.807) is 0 Å². The van der Waals surface area contributed by atoms with Crippen LogP contribution >= 0.6 is 15.9 Å². The highest BCUT2D eigenvalue weighted by Crippen LogP contribution is 2.29. The summed E-state index contributed by atoms with van der Waals surface area (Å²) in [5.41, 5.74) is 1.48. The molecule has 4 heteroatoms. The second-order valence-electron chi connectivity index (χ2n) is 7.74. The molecule has 0 spiro atoms. The Hall–Kier alpha value is -0.450. The zero-order chi connectivity index (χ0) is 15.8. The Kier molecular flexibility index (Phi) is 4.81. The summed E-state index contributed by atoms with van der Waals surface area (Å²) in [5.74, 6) is -0.203. The van der Waals surface area contributed by atoms with E-state index in [9.17, 15) is 4.39 Å². The molecule has 0 amide bonds. The third-order valence-electron chi connectivity index (χ3n) is 4.44. The molecule has 118 valence electrons. The van der Waals surface area contributed by atoms with Gasteiger partial charge in [0.05, 0.1) is 4.47 Å². The van der Waals surface area contributed by atoms with E-state index in [1.807, 2.05) is 12.1 Å². The summed E-state index contributed by atoms with van der Waals surface area (Å²) in [4.78, 5) is 2.50. The molecule has 0 aliphatic carbocycles. The van der Waals surface area contributed by atoms with E-state index in [1.165, 1.54) is 6.07 Å². The lowest BCUT2D eigenvalue weighted by molar-refractivity contribution is 0.0295. The van der Waals surface area contributed by atoms with Gasteiger partial charge in [-0.2, -0.15) is 0 Å². The number of benzene rings is 1. The first-order valence-corrected chi connectivity index (χ1v) is 8.31. The summed E-state index contributed by atoms with van der Waals surface area (Å²) >= 11 is 3.28. The van der Waals surface area contributed by atoms with Gasteiger partial charge in [0, 0.05) is 31.2 Å². The summed E-state index contributed by atoms with van der Waals surface area (Å²) in [7, 11) is 0. The molecular weight excluding hydrogens is 331 g/mol. The van der Waals surface area contributed by atoms with Crippen LogP contribution in [0.3, 0.4) is 0 Å². The van der Waals surface area contributed by atoms with Crippen LogP contribution in [0.1, 0.15) is 40.2 Å². The van der Waals surface area contributed by atoms with Gasteiger partial charge in [-0.15, -0.1) is 0 Å². The highest BCUT2D eigenvalue weighted by Gasteiger charge is 2.38. The molecule has 1 aliphatic rings. The molecule has 1 aromatic rings. The number of hydrogen-bond donors (Lipinski definition) is 1. The van der Waals surface area contributed by atoms with E-state index < -0.39 is 0 Å². The zero-order valence-corrected chi connectivity index (χ0v) is 15.2. The summed E-state index contributed by atoms with van der Waals surface area (Å²) in [6, 6.07) is 5.77. The largest absolute Gasteiger partial charge is 0.310 e. The van der Waals surface area contributed by atoms with Crippen molar-refractivity contribution in [1.82, 2.24) is 10.2 Å². The van der Waals surface area contributed by atoms with Gasteiger partial charge < -0.3 is 5.32 Å². The maximum atomic E-state index is 13.4. The van der Waals surface area contributed by atoms with E-state index in [-0.39, 0.29) is 16.8 Å². The van der Waals surface area contributed by atoms with E-state index in [0.717, 1.165) is 25.2 Å². The fraction of sp³-hybridized carbons (Fsp3) is 0.647. The standard InChI is InChI=1S/C17H26BrFN2/c1-16(2,3)15-10-21(17(4,5)11-20-15)9-12-6-7-14(19)13(18)8-12/h6-8,15,20H,9-11H2,1-5H3. The predicted molar refractivity (Wildman–Crippen MR) is 89.8 cm³/mol. The van der Waals surface area contributed by atoms with Crippen molar-refractivity contribution >= 4 is 15.9 Å². The Bertz CT molecular complexity index is 508. The smallest absolute Gasteiger partial charge is 0.137 e. The summed E-state index contributed by atoms with van der Waals surface area (Å²) in [6.45, 7) is 14.2. The van der Waals surface area contributed by atoms with Gasteiger partial charge in [0.2, 0.25) is 0 Å². The average molecular weight is 357 g/mol. The first-order chi connectivity index (χ1) is 9.59. The van der Waals surface area contributed by atoms with Crippen LogP contribution < -0.4 is 5.32 Å². The Morgan fingerprint density at radius 2 is 2.05 bits per heavy atom. The minimum atomic E-state index is -0.203. The van der Waals surface area contributed by atoms with Crippen molar-refractivity contribution in [2.75, 3.05) is 13.1 Å². The molecule has 1 saturated heterocycles. The molecule has 1 heterocycles. The fourth-order valence-corrected chi connectivity index (χ4v) is 3.16. The molecule has 0 bridgehead atoms. The van der Waals surface area contributed by atoms with Gasteiger partial charge in [0.15, 0.2) is 0 Å².